The molecule has 0 aliphatic rings. The van der Waals surface area contributed by atoms with Crippen LogP contribution in [0.1, 0.15) is 24.0 Å². The highest BCUT2D eigenvalue weighted by Crippen LogP contribution is 2.10. The quantitative estimate of drug-likeness (QED) is 0.640. The average molecular weight is 359 g/mol. The first-order valence-electron chi connectivity index (χ1n) is 8.43. The molecular weight excluding hydrogens is 337 g/mol. The molecule has 1 atom stereocenters. The number of carbonyl (C=O) groups excluding carboxylic acids is 1. The number of halogens is 1. The fourth-order valence-corrected chi connectivity index (χ4v) is 2.45. The van der Waals surface area contributed by atoms with E-state index in [0.29, 0.717) is 19.6 Å². The second-order valence-corrected chi connectivity index (χ2v) is 5.90. The van der Waals surface area contributed by atoms with Crippen molar-refractivity contribution in [2.75, 3.05) is 6.61 Å². The zero-order valence-electron chi connectivity index (χ0n) is 14.4. The van der Waals surface area contributed by atoms with Crippen molar-refractivity contribution in [3.63, 3.8) is 0 Å². The molecule has 0 unspecified atom stereocenters. The summed E-state index contributed by atoms with van der Waals surface area (Å²) in [5.74, 6) is -2.07. The molecule has 26 heavy (non-hydrogen) atoms. The predicted octanol–water partition coefficient (Wildman–Crippen LogP) is 2.93. The summed E-state index contributed by atoms with van der Waals surface area (Å²) in [4.78, 5) is 23.3. The molecule has 0 radical (unpaired) electrons. The molecule has 5 nitrogen and oxygen atoms in total. The number of hydrogen-bond acceptors (Lipinski definition) is 3. The van der Waals surface area contributed by atoms with Gasteiger partial charge in [-0.3, -0.25) is 4.79 Å². The van der Waals surface area contributed by atoms with Crippen molar-refractivity contribution >= 4 is 11.9 Å². The average Bonchev–Trinajstić information content (AvgIpc) is 2.63. The molecule has 1 amide bonds. The van der Waals surface area contributed by atoms with Crippen LogP contribution in [0.2, 0.25) is 0 Å². The number of carbonyl (C=O) groups is 2. The van der Waals surface area contributed by atoms with Crippen molar-refractivity contribution in [3.05, 3.63) is 71.5 Å². The van der Waals surface area contributed by atoms with Gasteiger partial charge in [0.2, 0.25) is 5.91 Å². The lowest BCUT2D eigenvalue weighted by Gasteiger charge is -2.15. The van der Waals surface area contributed by atoms with E-state index in [0.717, 1.165) is 5.56 Å². The number of benzene rings is 2. The van der Waals surface area contributed by atoms with Crippen LogP contribution in [0.5, 0.6) is 0 Å². The number of rotatable bonds is 10. The third kappa shape index (κ3) is 6.64. The van der Waals surface area contributed by atoms with Crippen molar-refractivity contribution in [1.82, 2.24) is 5.32 Å². The molecular formula is C20H22FNO4. The van der Waals surface area contributed by atoms with Gasteiger partial charge in [0.1, 0.15) is 11.9 Å². The summed E-state index contributed by atoms with van der Waals surface area (Å²) in [6, 6.07) is 14.4. The molecule has 0 saturated carbocycles. The molecule has 2 rings (SSSR count). The minimum atomic E-state index is -1.19. The third-order valence-electron chi connectivity index (χ3n) is 3.82. The maximum Gasteiger partial charge on any atom is 0.326 e. The highest BCUT2D eigenvalue weighted by Gasteiger charge is 2.21. The number of carboxylic acids is 1. The number of aliphatic carboxylic acids is 1. The Bertz CT molecular complexity index is 721. The van der Waals surface area contributed by atoms with Crippen LogP contribution in [0.15, 0.2) is 54.6 Å². The maximum absolute atomic E-state index is 13.7. The third-order valence-corrected chi connectivity index (χ3v) is 3.82. The van der Waals surface area contributed by atoms with Crippen LogP contribution in [-0.2, 0) is 27.4 Å². The summed E-state index contributed by atoms with van der Waals surface area (Å²) in [5.41, 5.74) is 1.30. The molecule has 6 heteroatoms. The Kier molecular flexibility index (Phi) is 7.76. The lowest BCUT2D eigenvalue weighted by Crippen LogP contribution is -2.42. The van der Waals surface area contributed by atoms with Gasteiger partial charge in [0.15, 0.2) is 0 Å². The lowest BCUT2D eigenvalue weighted by molar-refractivity contribution is -0.141. The number of carboxylic acid groups (broad SMARTS) is 1. The van der Waals surface area contributed by atoms with Crippen LogP contribution in [0, 0.1) is 5.82 Å². The Morgan fingerprint density at radius 2 is 1.77 bits per heavy atom. The summed E-state index contributed by atoms with van der Waals surface area (Å²) in [5, 5.41) is 11.7. The number of amides is 1. The Labute approximate surface area is 151 Å². The molecule has 0 aliphatic heterocycles. The summed E-state index contributed by atoms with van der Waals surface area (Å²) < 4.78 is 19.1. The van der Waals surface area contributed by atoms with E-state index in [1.54, 1.807) is 6.07 Å². The molecule has 0 bridgehead atoms. The van der Waals surface area contributed by atoms with Gasteiger partial charge in [-0.15, -0.1) is 0 Å². The topological polar surface area (TPSA) is 75.6 Å². The fraction of sp³-hybridized carbons (Fsp3) is 0.300. The van der Waals surface area contributed by atoms with E-state index in [1.807, 2.05) is 30.3 Å². The first-order valence-corrected chi connectivity index (χ1v) is 8.43. The number of ether oxygens (including phenoxy) is 1. The lowest BCUT2D eigenvalue weighted by atomic mass is 10.1. The Morgan fingerprint density at radius 1 is 1.08 bits per heavy atom. The number of hydrogen-bond donors (Lipinski definition) is 2. The van der Waals surface area contributed by atoms with Crippen molar-refractivity contribution in [2.45, 2.75) is 31.9 Å². The van der Waals surface area contributed by atoms with E-state index >= 15 is 0 Å². The van der Waals surface area contributed by atoms with Gasteiger partial charge in [-0.2, -0.15) is 0 Å². The van der Waals surface area contributed by atoms with Crippen molar-refractivity contribution in [3.8, 4) is 0 Å². The summed E-state index contributed by atoms with van der Waals surface area (Å²) >= 11 is 0. The van der Waals surface area contributed by atoms with Gasteiger partial charge < -0.3 is 15.2 Å². The standard InChI is InChI=1S/C20H22FNO4/c21-17-10-5-4-9-16(17)13-18(20(24)25)22-19(23)11-6-12-26-14-15-7-2-1-3-8-15/h1-5,7-10,18H,6,11-14H2,(H,22,23)(H,24,25)/t18-/m0/s1. The van der Waals surface area contributed by atoms with Crippen LogP contribution >= 0.6 is 0 Å². The van der Waals surface area contributed by atoms with E-state index < -0.39 is 23.7 Å². The van der Waals surface area contributed by atoms with Crippen LogP contribution in [0.25, 0.3) is 0 Å². The molecule has 0 aromatic heterocycles. The molecule has 0 fully saturated rings. The first kappa shape index (κ1) is 19.6. The minimum absolute atomic E-state index is 0.0990. The van der Waals surface area contributed by atoms with E-state index in [9.17, 15) is 19.1 Å². The Hall–Kier alpha value is -2.73. The minimum Gasteiger partial charge on any atom is -0.480 e. The fourth-order valence-electron chi connectivity index (χ4n) is 2.45. The number of nitrogens with one attached hydrogen (secondary N) is 1. The first-order chi connectivity index (χ1) is 12.6. The monoisotopic (exact) mass is 359 g/mol. The smallest absolute Gasteiger partial charge is 0.326 e. The van der Waals surface area contributed by atoms with Gasteiger partial charge in [0.05, 0.1) is 6.61 Å². The van der Waals surface area contributed by atoms with E-state index in [-0.39, 0.29) is 18.4 Å². The van der Waals surface area contributed by atoms with Gasteiger partial charge in [-0.05, 0) is 23.6 Å². The summed E-state index contributed by atoms with van der Waals surface area (Å²) in [6.45, 7) is 0.862. The highest BCUT2D eigenvalue weighted by molar-refractivity contribution is 5.83. The summed E-state index contributed by atoms with van der Waals surface area (Å²) in [6.07, 6.45) is 0.527. The van der Waals surface area contributed by atoms with Crippen LogP contribution < -0.4 is 5.32 Å². The Balaban J connectivity index is 1.72. The normalized spacial score (nSPS) is 11.7. The maximum atomic E-state index is 13.7. The van der Waals surface area contributed by atoms with E-state index in [4.69, 9.17) is 4.74 Å². The van der Waals surface area contributed by atoms with Crippen molar-refractivity contribution in [2.24, 2.45) is 0 Å². The van der Waals surface area contributed by atoms with E-state index in [1.165, 1.54) is 18.2 Å². The molecule has 0 aliphatic carbocycles. The van der Waals surface area contributed by atoms with Gasteiger partial charge in [0.25, 0.3) is 0 Å². The van der Waals surface area contributed by atoms with Crippen molar-refractivity contribution in [1.29, 1.82) is 0 Å². The SMILES string of the molecule is O=C(CCCOCc1ccccc1)N[C@@H](Cc1ccccc1F)C(=O)O. The molecule has 138 valence electrons. The summed E-state index contributed by atoms with van der Waals surface area (Å²) in [7, 11) is 0. The zero-order chi connectivity index (χ0) is 18.8. The largest absolute Gasteiger partial charge is 0.480 e. The van der Waals surface area contributed by atoms with Gasteiger partial charge in [0, 0.05) is 19.4 Å². The molecule has 0 heterocycles. The van der Waals surface area contributed by atoms with Crippen LogP contribution in [0.3, 0.4) is 0 Å². The van der Waals surface area contributed by atoms with Gasteiger partial charge in [-0.25, -0.2) is 9.18 Å². The van der Waals surface area contributed by atoms with Crippen LogP contribution in [-0.4, -0.2) is 29.6 Å². The zero-order valence-corrected chi connectivity index (χ0v) is 14.4. The molecule has 0 saturated heterocycles. The van der Waals surface area contributed by atoms with Gasteiger partial charge >= 0.3 is 5.97 Å². The molecule has 2 N–H and O–H groups in total. The van der Waals surface area contributed by atoms with E-state index in [2.05, 4.69) is 5.32 Å². The highest BCUT2D eigenvalue weighted by atomic mass is 19.1. The molecule has 2 aromatic carbocycles. The molecule has 2 aromatic rings. The predicted molar refractivity (Wildman–Crippen MR) is 95.0 cm³/mol. The van der Waals surface area contributed by atoms with Gasteiger partial charge in [-0.1, -0.05) is 48.5 Å². The second-order valence-electron chi connectivity index (χ2n) is 5.90. The Morgan fingerprint density at radius 3 is 2.46 bits per heavy atom. The molecule has 0 spiro atoms. The second kappa shape index (κ2) is 10.3. The van der Waals surface area contributed by atoms with Crippen molar-refractivity contribution < 1.29 is 23.8 Å². The van der Waals surface area contributed by atoms with Crippen LogP contribution in [0.4, 0.5) is 4.39 Å².